The summed E-state index contributed by atoms with van der Waals surface area (Å²) in [6, 6.07) is 17.7. The summed E-state index contributed by atoms with van der Waals surface area (Å²) in [7, 11) is 1.67. The number of rotatable bonds is 12. The molecule has 2 aromatic rings. The maximum Gasteiger partial charge on any atom is 0.225 e. The number of piperidine rings is 1. The molecule has 0 aliphatic carbocycles. The minimum absolute atomic E-state index is 0.0673. The number of ether oxygens (including phenoxy) is 2. The Hall–Kier alpha value is -3.06. The van der Waals surface area contributed by atoms with Crippen LogP contribution in [0.25, 0.3) is 0 Å². The Bertz CT molecular complexity index is 925. The highest BCUT2D eigenvalue weighted by Crippen LogP contribution is 2.25. The molecule has 1 unspecified atom stereocenters. The Morgan fingerprint density at radius 3 is 2.37 bits per heavy atom. The van der Waals surface area contributed by atoms with Crippen molar-refractivity contribution in [3.63, 3.8) is 0 Å². The first-order chi connectivity index (χ1) is 17.0. The van der Waals surface area contributed by atoms with Gasteiger partial charge in [-0.15, -0.1) is 0 Å². The van der Waals surface area contributed by atoms with Gasteiger partial charge >= 0.3 is 0 Å². The van der Waals surface area contributed by atoms with Gasteiger partial charge in [0.2, 0.25) is 11.8 Å². The molecule has 0 radical (unpaired) electrons. The van der Waals surface area contributed by atoms with Gasteiger partial charge in [0.15, 0.2) is 0 Å². The smallest absolute Gasteiger partial charge is 0.225 e. The molecule has 1 fully saturated rings. The van der Waals surface area contributed by atoms with E-state index >= 15 is 0 Å². The third kappa shape index (κ3) is 7.72. The topological polar surface area (TPSA) is 71.1 Å². The number of likely N-dealkylation sites (tertiary alicyclic amines) is 1. The van der Waals surface area contributed by atoms with E-state index in [4.69, 9.17) is 9.47 Å². The number of nitrogens with one attached hydrogen (secondary N) is 1. The molecule has 0 bridgehead atoms. The second-order valence-corrected chi connectivity index (χ2v) is 8.83. The lowest BCUT2D eigenvalue weighted by Crippen LogP contribution is -2.45. The SMILES string of the molecule is CCN(CC)C(CNC(=O)C1CCN(C(=O)CCOc2ccccc2)CC1)c1cccc(OC)c1. The number of para-hydroxylation sites is 1. The van der Waals surface area contributed by atoms with E-state index in [1.165, 1.54) is 0 Å². The average Bonchev–Trinajstić information content (AvgIpc) is 2.91. The second-order valence-electron chi connectivity index (χ2n) is 8.83. The summed E-state index contributed by atoms with van der Waals surface area (Å²) in [5, 5.41) is 3.19. The van der Waals surface area contributed by atoms with Crippen molar-refractivity contribution in [3.8, 4) is 11.5 Å². The summed E-state index contributed by atoms with van der Waals surface area (Å²) >= 11 is 0. The summed E-state index contributed by atoms with van der Waals surface area (Å²) < 4.78 is 11.0. The number of hydrogen-bond acceptors (Lipinski definition) is 5. The van der Waals surface area contributed by atoms with Gasteiger partial charge in [0.25, 0.3) is 0 Å². The molecule has 1 saturated heterocycles. The molecule has 1 aliphatic rings. The highest BCUT2D eigenvalue weighted by molar-refractivity contribution is 5.80. The Morgan fingerprint density at radius 2 is 1.71 bits per heavy atom. The van der Waals surface area contributed by atoms with E-state index < -0.39 is 0 Å². The molecular weight excluding hydrogens is 442 g/mol. The van der Waals surface area contributed by atoms with Gasteiger partial charge < -0.3 is 19.7 Å². The minimum atomic E-state index is -0.0673. The van der Waals surface area contributed by atoms with Crippen LogP contribution in [0.4, 0.5) is 0 Å². The third-order valence-corrected chi connectivity index (χ3v) is 6.75. The molecule has 1 atom stereocenters. The van der Waals surface area contributed by atoms with Crippen LogP contribution in [0.3, 0.4) is 0 Å². The van der Waals surface area contributed by atoms with Gasteiger partial charge in [-0.1, -0.05) is 44.2 Å². The van der Waals surface area contributed by atoms with Crippen LogP contribution in [0.2, 0.25) is 0 Å². The number of carbonyl (C=O) groups is 2. The number of likely N-dealkylation sites (N-methyl/N-ethyl adjacent to an activating group) is 1. The lowest BCUT2D eigenvalue weighted by atomic mass is 9.95. The molecule has 2 aromatic carbocycles. The Kier molecular flexibility index (Phi) is 10.4. The van der Waals surface area contributed by atoms with Crippen LogP contribution in [-0.2, 0) is 9.59 Å². The zero-order chi connectivity index (χ0) is 25.0. The van der Waals surface area contributed by atoms with Crippen LogP contribution < -0.4 is 14.8 Å². The van der Waals surface area contributed by atoms with Crippen molar-refractivity contribution in [2.75, 3.05) is 46.4 Å². The molecule has 1 N–H and O–H groups in total. The average molecular weight is 482 g/mol. The minimum Gasteiger partial charge on any atom is -0.497 e. The van der Waals surface area contributed by atoms with Gasteiger partial charge in [-0.3, -0.25) is 14.5 Å². The highest BCUT2D eigenvalue weighted by atomic mass is 16.5. The molecule has 0 saturated carbocycles. The fraction of sp³-hybridized carbons (Fsp3) is 0.500. The van der Waals surface area contributed by atoms with E-state index in [0.29, 0.717) is 45.5 Å². The van der Waals surface area contributed by atoms with E-state index in [1.807, 2.05) is 53.4 Å². The molecule has 35 heavy (non-hydrogen) atoms. The molecule has 7 nitrogen and oxygen atoms in total. The lowest BCUT2D eigenvalue weighted by Gasteiger charge is -2.33. The fourth-order valence-corrected chi connectivity index (χ4v) is 4.63. The molecule has 190 valence electrons. The van der Waals surface area contributed by atoms with E-state index in [1.54, 1.807) is 7.11 Å². The monoisotopic (exact) mass is 481 g/mol. The summed E-state index contributed by atoms with van der Waals surface area (Å²) in [6.45, 7) is 8.18. The maximum atomic E-state index is 13.0. The molecule has 7 heteroatoms. The van der Waals surface area contributed by atoms with Crippen molar-refractivity contribution in [1.82, 2.24) is 15.1 Å². The van der Waals surface area contributed by atoms with E-state index in [2.05, 4.69) is 30.1 Å². The van der Waals surface area contributed by atoms with Crippen molar-refractivity contribution in [1.29, 1.82) is 0 Å². The predicted octanol–water partition coefficient (Wildman–Crippen LogP) is 3.90. The summed E-state index contributed by atoms with van der Waals surface area (Å²) in [4.78, 5) is 29.7. The number of carbonyl (C=O) groups excluding carboxylic acids is 2. The summed E-state index contributed by atoms with van der Waals surface area (Å²) in [6.07, 6.45) is 1.72. The number of hydrogen-bond donors (Lipinski definition) is 1. The first kappa shape index (κ1) is 26.5. The highest BCUT2D eigenvalue weighted by Gasteiger charge is 2.28. The van der Waals surface area contributed by atoms with Crippen molar-refractivity contribution < 1.29 is 19.1 Å². The second kappa shape index (κ2) is 13.7. The Morgan fingerprint density at radius 1 is 1.03 bits per heavy atom. The molecular formula is C28H39N3O4. The zero-order valence-electron chi connectivity index (χ0n) is 21.2. The van der Waals surface area contributed by atoms with Crippen LogP contribution >= 0.6 is 0 Å². The zero-order valence-corrected chi connectivity index (χ0v) is 21.2. The normalized spacial score (nSPS) is 15.0. The van der Waals surface area contributed by atoms with Gasteiger partial charge in [0.05, 0.1) is 26.2 Å². The summed E-state index contributed by atoms with van der Waals surface area (Å²) in [5.41, 5.74) is 1.13. The van der Waals surface area contributed by atoms with Crippen LogP contribution in [0.5, 0.6) is 11.5 Å². The van der Waals surface area contributed by atoms with Crippen molar-refractivity contribution in [2.45, 2.75) is 39.2 Å². The van der Waals surface area contributed by atoms with Crippen LogP contribution in [0.15, 0.2) is 54.6 Å². The number of benzene rings is 2. The standard InChI is InChI=1S/C28H39N3O4/c1-4-30(5-2)26(23-10-9-13-25(20-23)34-3)21-29-28(33)22-14-17-31(18-15-22)27(32)16-19-35-24-11-7-6-8-12-24/h6-13,20,22,26H,4-5,14-19,21H2,1-3H3,(H,29,33). The van der Waals surface area contributed by atoms with Crippen molar-refractivity contribution in [2.24, 2.45) is 5.92 Å². The largest absolute Gasteiger partial charge is 0.497 e. The van der Waals surface area contributed by atoms with Crippen molar-refractivity contribution >= 4 is 11.8 Å². The Balaban J connectivity index is 1.46. The fourth-order valence-electron chi connectivity index (χ4n) is 4.63. The van der Waals surface area contributed by atoms with E-state index in [9.17, 15) is 9.59 Å². The predicted molar refractivity (Wildman–Crippen MR) is 138 cm³/mol. The van der Waals surface area contributed by atoms with Crippen molar-refractivity contribution in [3.05, 3.63) is 60.2 Å². The molecule has 1 heterocycles. The van der Waals surface area contributed by atoms with E-state index in [0.717, 1.165) is 30.2 Å². The number of methoxy groups -OCH3 is 1. The quantitative estimate of drug-likeness (QED) is 0.498. The first-order valence-corrected chi connectivity index (χ1v) is 12.7. The molecule has 1 aliphatic heterocycles. The maximum absolute atomic E-state index is 13.0. The molecule has 0 aromatic heterocycles. The Labute approximate surface area is 209 Å². The lowest BCUT2D eigenvalue weighted by molar-refractivity contribution is -0.136. The van der Waals surface area contributed by atoms with Gasteiger partial charge in [0, 0.05) is 25.6 Å². The first-order valence-electron chi connectivity index (χ1n) is 12.7. The molecule has 2 amide bonds. The van der Waals surface area contributed by atoms with Gasteiger partial charge in [-0.05, 0) is 55.8 Å². The third-order valence-electron chi connectivity index (χ3n) is 6.75. The van der Waals surface area contributed by atoms with Crippen LogP contribution in [0.1, 0.15) is 44.7 Å². The molecule has 0 spiro atoms. The summed E-state index contributed by atoms with van der Waals surface area (Å²) in [5.74, 6) is 1.68. The van der Waals surface area contributed by atoms with Gasteiger partial charge in [0.1, 0.15) is 11.5 Å². The number of nitrogens with zero attached hydrogens (tertiary/aromatic N) is 2. The van der Waals surface area contributed by atoms with E-state index in [-0.39, 0.29) is 23.8 Å². The molecule has 3 rings (SSSR count). The van der Waals surface area contributed by atoms with Crippen LogP contribution in [-0.4, -0.2) is 68.1 Å². The number of amides is 2. The van der Waals surface area contributed by atoms with Gasteiger partial charge in [-0.2, -0.15) is 0 Å². The van der Waals surface area contributed by atoms with Crippen LogP contribution in [0, 0.1) is 5.92 Å². The van der Waals surface area contributed by atoms with Gasteiger partial charge in [-0.25, -0.2) is 0 Å².